The van der Waals surface area contributed by atoms with Gasteiger partial charge in [-0.05, 0) is 29.8 Å². The summed E-state index contributed by atoms with van der Waals surface area (Å²) in [4.78, 5) is 12.2. The van der Waals surface area contributed by atoms with Crippen molar-refractivity contribution >= 4 is 15.9 Å². The minimum atomic E-state index is -3.99. The standard InChI is InChI=1S/C22H24F2N2O6S/c1-31-19-4-2-3-5-21(19)33(29,30)26-18-7-6-17(32-20(18)13-27)11-22(28)25-12-14-8-15(23)10-16(24)9-14/h2-10,17-18,20,26-27H,11-13H2,1H3,(H,25,28)/t17-,18-,20+/m0/s1. The van der Waals surface area contributed by atoms with E-state index < -0.39 is 52.4 Å². The molecule has 0 saturated carbocycles. The van der Waals surface area contributed by atoms with Crippen LogP contribution in [0.1, 0.15) is 12.0 Å². The van der Waals surface area contributed by atoms with Gasteiger partial charge in [0.05, 0.1) is 32.3 Å². The van der Waals surface area contributed by atoms with Crippen LogP contribution in [0.4, 0.5) is 8.78 Å². The first-order valence-corrected chi connectivity index (χ1v) is 11.5. The van der Waals surface area contributed by atoms with Crippen LogP contribution in [-0.4, -0.2) is 51.4 Å². The zero-order chi connectivity index (χ0) is 24.0. The van der Waals surface area contributed by atoms with Crippen LogP contribution in [0.3, 0.4) is 0 Å². The number of carbonyl (C=O) groups is 1. The third-order valence-electron chi connectivity index (χ3n) is 4.91. The van der Waals surface area contributed by atoms with Gasteiger partial charge in [0.15, 0.2) is 0 Å². The van der Waals surface area contributed by atoms with Gasteiger partial charge in [-0.2, -0.15) is 0 Å². The fourth-order valence-corrected chi connectivity index (χ4v) is 4.75. The first-order valence-electron chi connectivity index (χ1n) is 10.0. The van der Waals surface area contributed by atoms with Crippen molar-refractivity contribution in [1.82, 2.24) is 10.0 Å². The minimum Gasteiger partial charge on any atom is -0.495 e. The van der Waals surface area contributed by atoms with E-state index in [1.807, 2.05) is 0 Å². The predicted octanol–water partition coefficient (Wildman–Crippen LogP) is 1.64. The van der Waals surface area contributed by atoms with Gasteiger partial charge in [-0.1, -0.05) is 24.3 Å². The Bertz CT molecular complexity index is 1110. The number of rotatable bonds is 9. The topological polar surface area (TPSA) is 114 Å². The molecule has 2 aromatic carbocycles. The number of ether oxygens (including phenoxy) is 2. The number of methoxy groups -OCH3 is 1. The Morgan fingerprint density at radius 1 is 1.15 bits per heavy atom. The van der Waals surface area contributed by atoms with Crippen LogP contribution >= 0.6 is 0 Å². The van der Waals surface area contributed by atoms with Crippen molar-refractivity contribution in [2.45, 2.75) is 36.1 Å². The summed E-state index contributed by atoms with van der Waals surface area (Å²) in [6.45, 7) is -0.571. The number of amides is 1. The Hall–Kier alpha value is -2.86. The smallest absolute Gasteiger partial charge is 0.244 e. The molecule has 1 amide bonds. The minimum absolute atomic E-state index is 0.0622. The van der Waals surface area contributed by atoms with Crippen molar-refractivity contribution in [2.24, 2.45) is 0 Å². The Kier molecular flexibility index (Phi) is 8.14. The molecular formula is C22H24F2N2O6S. The first-order chi connectivity index (χ1) is 15.7. The zero-order valence-corrected chi connectivity index (χ0v) is 18.5. The van der Waals surface area contributed by atoms with Gasteiger partial charge in [-0.25, -0.2) is 21.9 Å². The highest BCUT2D eigenvalue weighted by Crippen LogP contribution is 2.24. The van der Waals surface area contributed by atoms with Crippen molar-refractivity contribution in [3.8, 4) is 5.75 Å². The molecule has 33 heavy (non-hydrogen) atoms. The molecule has 0 unspecified atom stereocenters. The molecule has 0 aromatic heterocycles. The molecule has 0 radical (unpaired) electrons. The summed E-state index contributed by atoms with van der Waals surface area (Å²) in [5, 5.41) is 12.2. The third kappa shape index (κ3) is 6.57. The number of sulfonamides is 1. The highest BCUT2D eigenvalue weighted by atomic mass is 32.2. The summed E-state index contributed by atoms with van der Waals surface area (Å²) >= 11 is 0. The van der Waals surface area contributed by atoms with Crippen LogP contribution < -0.4 is 14.8 Å². The van der Waals surface area contributed by atoms with E-state index in [1.165, 1.54) is 31.4 Å². The van der Waals surface area contributed by atoms with E-state index in [-0.39, 0.29) is 29.2 Å². The van der Waals surface area contributed by atoms with E-state index in [0.29, 0.717) is 0 Å². The van der Waals surface area contributed by atoms with Gasteiger partial charge in [0.2, 0.25) is 15.9 Å². The van der Waals surface area contributed by atoms with Gasteiger partial charge in [0.1, 0.15) is 28.4 Å². The molecule has 1 heterocycles. The highest BCUT2D eigenvalue weighted by molar-refractivity contribution is 7.89. The molecule has 0 fully saturated rings. The van der Waals surface area contributed by atoms with Crippen LogP contribution in [0.2, 0.25) is 0 Å². The molecule has 1 aliphatic rings. The second-order valence-corrected chi connectivity index (χ2v) is 9.02. The molecule has 0 saturated heterocycles. The summed E-state index contributed by atoms with van der Waals surface area (Å²) < 4.78 is 65.3. The molecule has 11 heteroatoms. The summed E-state index contributed by atoms with van der Waals surface area (Å²) in [7, 11) is -2.63. The monoisotopic (exact) mass is 482 g/mol. The van der Waals surface area contributed by atoms with Crippen LogP contribution in [0.15, 0.2) is 59.5 Å². The zero-order valence-electron chi connectivity index (χ0n) is 17.7. The number of hydrogen-bond acceptors (Lipinski definition) is 6. The Morgan fingerprint density at radius 3 is 2.52 bits per heavy atom. The van der Waals surface area contributed by atoms with Crippen LogP contribution in [0, 0.1) is 11.6 Å². The van der Waals surface area contributed by atoms with Crippen molar-refractivity contribution < 1.29 is 36.6 Å². The van der Waals surface area contributed by atoms with Crippen LogP contribution in [0.25, 0.3) is 0 Å². The van der Waals surface area contributed by atoms with E-state index in [0.717, 1.165) is 18.2 Å². The number of benzene rings is 2. The molecule has 0 spiro atoms. The quantitative estimate of drug-likeness (QED) is 0.469. The Balaban J connectivity index is 1.61. The number of hydrogen-bond donors (Lipinski definition) is 3. The lowest BCUT2D eigenvalue weighted by Gasteiger charge is -2.31. The van der Waals surface area contributed by atoms with Gasteiger partial charge in [-0.3, -0.25) is 4.79 Å². The fourth-order valence-electron chi connectivity index (χ4n) is 3.36. The maximum Gasteiger partial charge on any atom is 0.244 e. The van der Waals surface area contributed by atoms with Gasteiger partial charge >= 0.3 is 0 Å². The second kappa shape index (κ2) is 10.8. The van der Waals surface area contributed by atoms with E-state index in [1.54, 1.807) is 12.1 Å². The number of aliphatic hydroxyl groups excluding tert-OH is 1. The van der Waals surface area contributed by atoms with E-state index in [4.69, 9.17) is 9.47 Å². The van der Waals surface area contributed by atoms with Crippen LogP contribution in [-0.2, 0) is 26.1 Å². The highest BCUT2D eigenvalue weighted by Gasteiger charge is 2.32. The number of nitrogens with one attached hydrogen (secondary N) is 2. The normalized spacial score (nSPS) is 20.4. The predicted molar refractivity (Wildman–Crippen MR) is 115 cm³/mol. The number of carbonyl (C=O) groups excluding carboxylic acids is 1. The SMILES string of the molecule is COc1ccccc1S(=O)(=O)N[C@H]1C=C[C@@H](CC(=O)NCc2cc(F)cc(F)c2)O[C@@H]1CO. The number of aliphatic hydroxyl groups is 1. The molecule has 3 N–H and O–H groups in total. The summed E-state index contributed by atoms with van der Waals surface area (Å²) in [5.74, 6) is -1.77. The molecule has 1 aliphatic heterocycles. The van der Waals surface area contributed by atoms with Gasteiger partial charge < -0.3 is 19.9 Å². The van der Waals surface area contributed by atoms with E-state index in [2.05, 4.69) is 10.0 Å². The van der Waals surface area contributed by atoms with E-state index in [9.17, 15) is 27.1 Å². The summed E-state index contributed by atoms with van der Waals surface area (Å²) in [5.41, 5.74) is 0.264. The maximum absolute atomic E-state index is 13.3. The van der Waals surface area contributed by atoms with Gasteiger partial charge in [-0.15, -0.1) is 0 Å². The second-order valence-electron chi connectivity index (χ2n) is 7.34. The molecule has 178 valence electrons. The molecule has 8 nitrogen and oxygen atoms in total. The van der Waals surface area contributed by atoms with Crippen LogP contribution in [0.5, 0.6) is 5.75 Å². The molecule has 3 atom stereocenters. The number of halogens is 2. The third-order valence-corrected chi connectivity index (χ3v) is 6.41. The molecular weight excluding hydrogens is 458 g/mol. The maximum atomic E-state index is 13.3. The molecule has 2 aromatic rings. The van der Waals surface area contributed by atoms with Crippen molar-refractivity contribution in [3.05, 3.63) is 71.8 Å². The van der Waals surface area contributed by atoms with Crippen molar-refractivity contribution in [3.63, 3.8) is 0 Å². The Labute approximate surface area is 190 Å². The molecule has 0 aliphatic carbocycles. The average Bonchev–Trinajstić information content (AvgIpc) is 2.78. The van der Waals surface area contributed by atoms with E-state index >= 15 is 0 Å². The average molecular weight is 483 g/mol. The van der Waals surface area contributed by atoms with Gasteiger partial charge in [0, 0.05) is 12.6 Å². The largest absolute Gasteiger partial charge is 0.495 e. The lowest BCUT2D eigenvalue weighted by atomic mass is 10.1. The van der Waals surface area contributed by atoms with Crippen molar-refractivity contribution in [2.75, 3.05) is 13.7 Å². The number of para-hydroxylation sites is 1. The Morgan fingerprint density at radius 2 is 1.85 bits per heavy atom. The summed E-state index contributed by atoms with van der Waals surface area (Å²) in [6.07, 6.45) is 1.24. The van der Waals surface area contributed by atoms with Gasteiger partial charge in [0.25, 0.3) is 0 Å². The lowest BCUT2D eigenvalue weighted by molar-refractivity contribution is -0.125. The lowest BCUT2D eigenvalue weighted by Crippen LogP contribution is -2.49. The fraction of sp³-hybridized carbons (Fsp3) is 0.318. The first kappa shape index (κ1) is 24.8. The molecule has 0 bridgehead atoms. The summed E-state index contributed by atoms with van der Waals surface area (Å²) in [6, 6.07) is 8.18. The molecule has 3 rings (SSSR count). The van der Waals surface area contributed by atoms with Crippen molar-refractivity contribution in [1.29, 1.82) is 0 Å².